The Kier molecular flexibility index (Phi) is 4.66. The predicted molar refractivity (Wildman–Crippen MR) is 76.2 cm³/mol. The zero-order valence-corrected chi connectivity index (χ0v) is 13.1. The summed E-state index contributed by atoms with van der Waals surface area (Å²) in [7, 11) is -7.21. The molecule has 0 radical (unpaired) electrons. The Bertz CT molecular complexity index is 719. The second-order valence-electron chi connectivity index (χ2n) is 5.04. The van der Waals surface area contributed by atoms with Gasteiger partial charge in [-0.25, -0.2) is 30.3 Å². The number of piperidine rings is 1. The van der Waals surface area contributed by atoms with Gasteiger partial charge < -0.3 is 0 Å². The number of hydrogen-bond acceptors (Lipinski definition) is 4. The molecule has 2 rings (SSSR count). The summed E-state index contributed by atoms with van der Waals surface area (Å²) in [5.41, 5.74) is 0. The lowest BCUT2D eigenvalue weighted by atomic mass is 10.1. The predicted octanol–water partition coefficient (Wildman–Crippen LogP) is 0.528. The van der Waals surface area contributed by atoms with E-state index in [0.29, 0.717) is 19.4 Å². The SMILES string of the molecule is CS(=O)(=O)N1CCCC(NS(=O)(=O)c2cccc(F)c2)C1. The van der Waals surface area contributed by atoms with Crippen LogP contribution < -0.4 is 4.72 Å². The summed E-state index contributed by atoms with van der Waals surface area (Å²) in [5.74, 6) is -0.640. The second kappa shape index (κ2) is 5.99. The van der Waals surface area contributed by atoms with E-state index in [2.05, 4.69) is 4.72 Å². The van der Waals surface area contributed by atoms with Crippen LogP contribution in [0.25, 0.3) is 0 Å². The lowest BCUT2D eigenvalue weighted by molar-refractivity contribution is 0.305. The molecule has 0 saturated carbocycles. The molecule has 1 atom stereocenters. The first-order chi connectivity index (χ1) is 9.68. The van der Waals surface area contributed by atoms with Crippen LogP contribution in [0.15, 0.2) is 29.2 Å². The molecule has 1 saturated heterocycles. The van der Waals surface area contributed by atoms with Gasteiger partial charge in [0.25, 0.3) is 0 Å². The van der Waals surface area contributed by atoms with Crippen molar-refractivity contribution in [2.45, 2.75) is 23.8 Å². The fourth-order valence-electron chi connectivity index (χ4n) is 2.26. The second-order valence-corrected chi connectivity index (χ2v) is 8.74. The molecule has 0 aromatic heterocycles. The molecule has 0 amide bonds. The highest BCUT2D eigenvalue weighted by atomic mass is 32.2. The standard InChI is InChI=1S/C12H17FN2O4S2/c1-20(16,17)15-7-3-5-11(9-15)14-21(18,19)12-6-2-4-10(13)8-12/h2,4,6,8,11,14H,3,5,7,9H2,1H3. The Morgan fingerprint density at radius 3 is 2.62 bits per heavy atom. The van der Waals surface area contributed by atoms with Crippen molar-refractivity contribution >= 4 is 20.0 Å². The van der Waals surface area contributed by atoms with Crippen LogP contribution >= 0.6 is 0 Å². The van der Waals surface area contributed by atoms with Crippen LogP contribution in [0.2, 0.25) is 0 Å². The largest absolute Gasteiger partial charge is 0.240 e. The molecule has 1 aliphatic heterocycles. The van der Waals surface area contributed by atoms with Gasteiger partial charge in [0.15, 0.2) is 0 Å². The highest BCUT2D eigenvalue weighted by molar-refractivity contribution is 7.89. The Morgan fingerprint density at radius 2 is 2.00 bits per heavy atom. The van der Waals surface area contributed by atoms with Crippen LogP contribution in [0.3, 0.4) is 0 Å². The number of sulfonamides is 2. The molecule has 1 N–H and O–H groups in total. The average Bonchev–Trinajstić information content (AvgIpc) is 2.37. The minimum Gasteiger partial charge on any atom is -0.213 e. The molecule has 0 aliphatic carbocycles. The lowest BCUT2D eigenvalue weighted by Gasteiger charge is -2.31. The van der Waals surface area contributed by atoms with E-state index in [0.717, 1.165) is 18.4 Å². The van der Waals surface area contributed by atoms with E-state index in [-0.39, 0.29) is 11.4 Å². The molecule has 1 fully saturated rings. The van der Waals surface area contributed by atoms with Crippen molar-refractivity contribution < 1.29 is 21.2 Å². The maximum absolute atomic E-state index is 13.1. The minimum atomic E-state index is -3.86. The maximum atomic E-state index is 13.1. The zero-order chi connectivity index (χ0) is 15.7. The number of nitrogens with zero attached hydrogens (tertiary/aromatic N) is 1. The Morgan fingerprint density at radius 1 is 1.29 bits per heavy atom. The van der Waals surface area contributed by atoms with Gasteiger partial charge in [-0.05, 0) is 31.0 Å². The normalized spacial score (nSPS) is 21.3. The van der Waals surface area contributed by atoms with Crippen LogP contribution in [0.5, 0.6) is 0 Å². The molecule has 0 spiro atoms. The molecule has 1 aromatic carbocycles. The third-order valence-corrected chi connectivity index (χ3v) is 6.07. The van der Waals surface area contributed by atoms with Crippen molar-refractivity contribution in [2.75, 3.05) is 19.3 Å². The average molecular weight is 336 g/mol. The summed E-state index contributed by atoms with van der Waals surface area (Å²) >= 11 is 0. The van der Waals surface area contributed by atoms with Crippen molar-refractivity contribution in [3.05, 3.63) is 30.1 Å². The van der Waals surface area contributed by atoms with E-state index in [9.17, 15) is 21.2 Å². The van der Waals surface area contributed by atoms with Crippen molar-refractivity contribution in [1.29, 1.82) is 0 Å². The Hall–Kier alpha value is -1.03. The number of benzene rings is 1. The monoisotopic (exact) mass is 336 g/mol. The number of hydrogen-bond donors (Lipinski definition) is 1. The summed E-state index contributed by atoms with van der Waals surface area (Å²) < 4.78 is 64.1. The summed E-state index contributed by atoms with van der Waals surface area (Å²) in [4.78, 5) is -0.168. The number of rotatable bonds is 4. The van der Waals surface area contributed by atoms with Crippen LogP contribution in [0, 0.1) is 5.82 Å². The van der Waals surface area contributed by atoms with Gasteiger partial charge in [-0.3, -0.25) is 0 Å². The van der Waals surface area contributed by atoms with Crippen molar-refractivity contribution in [2.24, 2.45) is 0 Å². The van der Waals surface area contributed by atoms with Crippen LogP contribution in [0.1, 0.15) is 12.8 Å². The molecular weight excluding hydrogens is 319 g/mol. The first-order valence-corrected chi connectivity index (χ1v) is 9.75. The summed E-state index contributed by atoms with van der Waals surface area (Å²) in [6.45, 7) is 0.477. The van der Waals surface area contributed by atoms with Gasteiger partial charge >= 0.3 is 0 Å². The third kappa shape index (κ3) is 4.22. The molecule has 118 valence electrons. The van der Waals surface area contributed by atoms with E-state index in [1.54, 1.807) is 0 Å². The quantitative estimate of drug-likeness (QED) is 0.869. The van der Waals surface area contributed by atoms with E-state index in [1.807, 2.05) is 0 Å². The molecule has 9 heteroatoms. The van der Waals surface area contributed by atoms with Crippen LogP contribution in [-0.4, -0.2) is 46.5 Å². The first kappa shape index (κ1) is 16.3. The fraction of sp³-hybridized carbons (Fsp3) is 0.500. The van der Waals surface area contributed by atoms with Gasteiger partial charge in [0.1, 0.15) is 5.82 Å². The van der Waals surface area contributed by atoms with E-state index >= 15 is 0 Å². The van der Waals surface area contributed by atoms with E-state index < -0.39 is 31.9 Å². The van der Waals surface area contributed by atoms with Gasteiger partial charge in [0.2, 0.25) is 20.0 Å². The van der Waals surface area contributed by atoms with Crippen LogP contribution in [-0.2, 0) is 20.0 Å². The molecule has 1 aliphatic rings. The van der Waals surface area contributed by atoms with Crippen molar-refractivity contribution in [1.82, 2.24) is 9.03 Å². The minimum absolute atomic E-state index is 0.0907. The third-order valence-electron chi connectivity index (χ3n) is 3.28. The van der Waals surface area contributed by atoms with E-state index in [1.165, 1.54) is 16.4 Å². The van der Waals surface area contributed by atoms with Gasteiger partial charge in [-0.2, -0.15) is 0 Å². The summed E-state index contributed by atoms with van der Waals surface area (Å²) in [6.07, 6.45) is 2.21. The topological polar surface area (TPSA) is 83.6 Å². The van der Waals surface area contributed by atoms with Gasteiger partial charge in [-0.1, -0.05) is 6.07 Å². The Labute approximate surface area is 124 Å². The Balaban J connectivity index is 2.14. The molecule has 21 heavy (non-hydrogen) atoms. The molecular formula is C12H17FN2O4S2. The molecule has 0 bridgehead atoms. The molecule has 6 nitrogen and oxygen atoms in total. The fourth-order valence-corrected chi connectivity index (χ4v) is 4.47. The van der Waals surface area contributed by atoms with Gasteiger partial charge in [-0.15, -0.1) is 0 Å². The van der Waals surface area contributed by atoms with Gasteiger partial charge in [0, 0.05) is 19.1 Å². The van der Waals surface area contributed by atoms with Crippen LogP contribution in [0.4, 0.5) is 4.39 Å². The maximum Gasteiger partial charge on any atom is 0.240 e. The highest BCUT2D eigenvalue weighted by Crippen LogP contribution is 2.17. The van der Waals surface area contributed by atoms with Crippen molar-refractivity contribution in [3.8, 4) is 0 Å². The number of halogens is 1. The first-order valence-electron chi connectivity index (χ1n) is 6.41. The van der Waals surface area contributed by atoms with Gasteiger partial charge in [0.05, 0.1) is 11.2 Å². The molecule has 1 unspecified atom stereocenters. The molecule has 1 aromatic rings. The highest BCUT2D eigenvalue weighted by Gasteiger charge is 2.29. The summed E-state index contributed by atoms with van der Waals surface area (Å²) in [6, 6.07) is 4.18. The zero-order valence-electron chi connectivity index (χ0n) is 11.5. The smallest absolute Gasteiger partial charge is 0.213 e. The molecule has 1 heterocycles. The number of nitrogens with one attached hydrogen (secondary N) is 1. The lowest BCUT2D eigenvalue weighted by Crippen LogP contribution is -2.49. The van der Waals surface area contributed by atoms with E-state index in [4.69, 9.17) is 0 Å². The summed E-state index contributed by atoms with van der Waals surface area (Å²) in [5, 5.41) is 0. The van der Waals surface area contributed by atoms with Crippen molar-refractivity contribution in [3.63, 3.8) is 0 Å².